The third-order valence-corrected chi connectivity index (χ3v) is 4.07. The second-order valence-corrected chi connectivity index (χ2v) is 5.85. The molecule has 21 heavy (non-hydrogen) atoms. The fourth-order valence-electron chi connectivity index (χ4n) is 1.95. The van der Waals surface area contributed by atoms with Crippen molar-refractivity contribution in [3.8, 4) is 0 Å². The van der Waals surface area contributed by atoms with Gasteiger partial charge in [0.25, 0.3) is 0 Å². The topological polar surface area (TPSA) is 55.1 Å². The number of amides is 1. The van der Waals surface area contributed by atoms with Gasteiger partial charge in [0.1, 0.15) is 5.82 Å². The maximum Gasteiger partial charge on any atom is 0.248 e. The van der Waals surface area contributed by atoms with Crippen molar-refractivity contribution in [2.45, 2.75) is 13.0 Å². The Morgan fingerprint density at radius 3 is 2.67 bits per heavy atom. The molecular weight excluding hydrogens is 359 g/mol. The molecule has 2 rings (SSSR count). The molecule has 0 aliphatic rings. The molecule has 0 spiro atoms. The van der Waals surface area contributed by atoms with Gasteiger partial charge in [0, 0.05) is 16.1 Å². The van der Waals surface area contributed by atoms with Crippen molar-refractivity contribution in [3.05, 3.63) is 62.8 Å². The fourth-order valence-corrected chi connectivity index (χ4v) is 2.82. The molecule has 2 aromatic carbocycles. The van der Waals surface area contributed by atoms with Gasteiger partial charge in [-0.3, -0.25) is 4.79 Å². The summed E-state index contributed by atoms with van der Waals surface area (Å²) in [6, 6.07) is 9.10. The van der Waals surface area contributed by atoms with Gasteiger partial charge in [-0.1, -0.05) is 33.6 Å². The van der Waals surface area contributed by atoms with Gasteiger partial charge < -0.3 is 11.1 Å². The van der Waals surface area contributed by atoms with Crippen molar-refractivity contribution < 1.29 is 9.18 Å². The predicted molar refractivity (Wildman–Crippen MR) is 86.1 cm³/mol. The van der Waals surface area contributed by atoms with Gasteiger partial charge in [-0.15, -0.1) is 0 Å². The molecule has 0 aromatic heterocycles. The average molecular weight is 372 g/mol. The van der Waals surface area contributed by atoms with E-state index in [-0.39, 0.29) is 11.9 Å². The molecule has 0 aliphatic heterocycles. The number of rotatable bonds is 4. The van der Waals surface area contributed by atoms with Crippen LogP contribution in [-0.4, -0.2) is 5.91 Å². The minimum absolute atomic E-state index is 0.138. The van der Waals surface area contributed by atoms with E-state index >= 15 is 0 Å². The summed E-state index contributed by atoms with van der Waals surface area (Å²) in [5.41, 5.74) is 7.09. The average Bonchev–Trinajstić information content (AvgIpc) is 2.40. The molecule has 0 bridgehead atoms. The number of carbonyl (C=O) groups is 1. The van der Waals surface area contributed by atoms with Crippen molar-refractivity contribution in [1.82, 2.24) is 0 Å². The van der Waals surface area contributed by atoms with E-state index in [2.05, 4.69) is 21.2 Å². The zero-order valence-corrected chi connectivity index (χ0v) is 13.5. The van der Waals surface area contributed by atoms with E-state index in [1.54, 1.807) is 24.3 Å². The molecule has 0 radical (unpaired) electrons. The van der Waals surface area contributed by atoms with Gasteiger partial charge in [-0.2, -0.15) is 0 Å². The first kappa shape index (κ1) is 15.8. The van der Waals surface area contributed by atoms with Crippen molar-refractivity contribution in [2.24, 2.45) is 5.73 Å². The Balaban J connectivity index is 2.28. The molecule has 0 fully saturated rings. The van der Waals surface area contributed by atoms with Crippen LogP contribution < -0.4 is 11.1 Å². The first-order valence-corrected chi connectivity index (χ1v) is 7.36. The monoisotopic (exact) mass is 370 g/mol. The number of primary amides is 1. The van der Waals surface area contributed by atoms with Crippen LogP contribution >= 0.6 is 27.5 Å². The molecule has 0 saturated heterocycles. The Labute approximate surface area is 135 Å². The summed E-state index contributed by atoms with van der Waals surface area (Å²) in [4.78, 5) is 11.2. The summed E-state index contributed by atoms with van der Waals surface area (Å²) >= 11 is 9.44. The number of benzene rings is 2. The summed E-state index contributed by atoms with van der Waals surface area (Å²) in [6.45, 7) is 1.91. The van der Waals surface area contributed by atoms with Gasteiger partial charge >= 0.3 is 0 Å². The number of nitrogens with two attached hydrogens (primary N) is 1. The normalized spacial score (nSPS) is 12.0. The van der Waals surface area contributed by atoms with Crippen LogP contribution in [0.15, 0.2) is 40.9 Å². The van der Waals surface area contributed by atoms with Gasteiger partial charge in [0.05, 0.1) is 10.7 Å². The molecule has 6 heteroatoms. The van der Waals surface area contributed by atoms with Crippen molar-refractivity contribution in [2.75, 3.05) is 5.32 Å². The van der Waals surface area contributed by atoms with Crippen LogP contribution in [0.5, 0.6) is 0 Å². The van der Waals surface area contributed by atoms with Crippen LogP contribution in [0.3, 0.4) is 0 Å². The van der Waals surface area contributed by atoms with E-state index in [9.17, 15) is 9.18 Å². The summed E-state index contributed by atoms with van der Waals surface area (Å²) in [7, 11) is 0. The molecule has 1 unspecified atom stereocenters. The third-order valence-electron chi connectivity index (χ3n) is 3.05. The minimum atomic E-state index is -0.523. The standard InChI is InChI=1S/C15H13BrClFN2O/c1-8(11-4-3-10(18)7-12(11)16)20-14-6-9(15(19)21)2-5-13(14)17/h2-8,20H,1H3,(H2,19,21). The fraction of sp³-hybridized carbons (Fsp3) is 0.133. The summed E-state index contributed by atoms with van der Waals surface area (Å²) in [5.74, 6) is -0.836. The summed E-state index contributed by atoms with van der Waals surface area (Å²) < 4.78 is 13.8. The quantitative estimate of drug-likeness (QED) is 0.830. The second kappa shape index (κ2) is 6.45. The summed E-state index contributed by atoms with van der Waals surface area (Å²) in [5, 5.41) is 3.67. The van der Waals surface area contributed by atoms with Crippen LogP contribution in [-0.2, 0) is 0 Å². The molecule has 1 atom stereocenters. The first-order valence-electron chi connectivity index (χ1n) is 6.19. The second-order valence-electron chi connectivity index (χ2n) is 4.59. The Morgan fingerprint density at radius 1 is 1.33 bits per heavy atom. The molecule has 2 aromatic rings. The number of anilines is 1. The van der Waals surface area contributed by atoms with E-state index in [0.717, 1.165) is 5.56 Å². The smallest absolute Gasteiger partial charge is 0.248 e. The zero-order chi connectivity index (χ0) is 15.6. The van der Waals surface area contributed by atoms with E-state index in [0.29, 0.717) is 20.7 Å². The minimum Gasteiger partial charge on any atom is -0.377 e. The lowest BCUT2D eigenvalue weighted by Gasteiger charge is -2.18. The van der Waals surface area contributed by atoms with Gasteiger partial charge in [-0.25, -0.2) is 4.39 Å². The highest BCUT2D eigenvalue weighted by atomic mass is 79.9. The predicted octanol–water partition coefficient (Wildman–Crippen LogP) is 4.51. The van der Waals surface area contributed by atoms with Crippen LogP contribution in [0.1, 0.15) is 28.9 Å². The lowest BCUT2D eigenvalue weighted by molar-refractivity contribution is 0.100. The Hall–Kier alpha value is -1.59. The van der Waals surface area contributed by atoms with Crippen molar-refractivity contribution in [1.29, 1.82) is 0 Å². The largest absolute Gasteiger partial charge is 0.377 e. The molecular formula is C15H13BrClFN2O. The van der Waals surface area contributed by atoms with E-state index in [1.807, 2.05) is 6.92 Å². The molecule has 0 saturated carbocycles. The maximum absolute atomic E-state index is 13.1. The Kier molecular flexibility index (Phi) is 4.85. The zero-order valence-electron chi connectivity index (χ0n) is 11.2. The Bertz CT molecular complexity index is 693. The van der Waals surface area contributed by atoms with Gasteiger partial charge in [0.2, 0.25) is 5.91 Å². The molecule has 0 heterocycles. The highest BCUT2D eigenvalue weighted by Gasteiger charge is 2.13. The maximum atomic E-state index is 13.1. The third kappa shape index (κ3) is 3.74. The highest BCUT2D eigenvalue weighted by Crippen LogP contribution is 2.30. The van der Waals surface area contributed by atoms with Crippen LogP contribution in [0.25, 0.3) is 0 Å². The van der Waals surface area contributed by atoms with Crippen molar-refractivity contribution >= 4 is 39.1 Å². The molecule has 3 N–H and O–H groups in total. The number of carbonyl (C=O) groups excluding carboxylic acids is 1. The lowest BCUT2D eigenvalue weighted by atomic mass is 10.1. The van der Waals surface area contributed by atoms with E-state index in [1.165, 1.54) is 12.1 Å². The number of hydrogen-bond acceptors (Lipinski definition) is 2. The Morgan fingerprint density at radius 2 is 2.05 bits per heavy atom. The number of nitrogens with one attached hydrogen (secondary N) is 1. The lowest BCUT2D eigenvalue weighted by Crippen LogP contribution is -2.13. The number of hydrogen-bond donors (Lipinski definition) is 2. The van der Waals surface area contributed by atoms with Gasteiger partial charge in [-0.05, 0) is 42.8 Å². The molecule has 3 nitrogen and oxygen atoms in total. The highest BCUT2D eigenvalue weighted by molar-refractivity contribution is 9.10. The molecule has 110 valence electrons. The van der Waals surface area contributed by atoms with Crippen LogP contribution in [0, 0.1) is 5.82 Å². The number of halogens is 3. The molecule has 0 aliphatic carbocycles. The van der Waals surface area contributed by atoms with Crippen molar-refractivity contribution in [3.63, 3.8) is 0 Å². The summed E-state index contributed by atoms with van der Waals surface area (Å²) in [6.07, 6.45) is 0. The molecule has 1 amide bonds. The van der Waals surface area contributed by atoms with Crippen LogP contribution in [0.4, 0.5) is 10.1 Å². The van der Waals surface area contributed by atoms with E-state index < -0.39 is 5.91 Å². The van der Waals surface area contributed by atoms with E-state index in [4.69, 9.17) is 17.3 Å². The first-order chi connectivity index (χ1) is 9.88. The van der Waals surface area contributed by atoms with Gasteiger partial charge in [0.15, 0.2) is 0 Å². The SMILES string of the molecule is CC(Nc1cc(C(N)=O)ccc1Cl)c1ccc(F)cc1Br. The van der Waals surface area contributed by atoms with Crippen LogP contribution in [0.2, 0.25) is 5.02 Å².